The first-order valence-corrected chi connectivity index (χ1v) is 5.84. The number of urea groups is 1. The molecule has 1 aromatic carbocycles. The Morgan fingerprint density at radius 2 is 1.68 bits per heavy atom. The number of halogens is 5. The third-order valence-electron chi connectivity index (χ3n) is 2.35. The summed E-state index contributed by atoms with van der Waals surface area (Å²) in [5.41, 5.74) is -0.142. The van der Waals surface area contributed by atoms with Crippen molar-refractivity contribution >= 4 is 17.4 Å². The van der Waals surface area contributed by atoms with Gasteiger partial charge in [0.2, 0.25) is 0 Å². The Bertz CT molecular complexity index is 662. The van der Waals surface area contributed by atoms with Crippen molar-refractivity contribution in [2.45, 2.75) is 12.7 Å². The second-order valence-corrected chi connectivity index (χ2v) is 4.28. The van der Waals surface area contributed by atoms with Crippen LogP contribution in [0.15, 0.2) is 30.6 Å². The van der Waals surface area contributed by atoms with Crippen LogP contribution in [0.5, 0.6) is 0 Å². The quantitative estimate of drug-likeness (QED) is 0.852. The second kappa shape index (κ2) is 6.00. The molecule has 0 spiro atoms. The van der Waals surface area contributed by atoms with Gasteiger partial charge >= 0.3 is 12.2 Å². The van der Waals surface area contributed by atoms with Crippen LogP contribution < -0.4 is 10.6 Å². The predicted octanol–water partition coefficient (Wildman–Crippen LogP) is 3.37. The lowest BCUT2D eigenvalue weighted by Crippen LogP contribution is -2.20. The summed E-state index contributed by atoms with van der Waals surface area (Å²) >= 11 is 0. The van der Waals surface area contributed by atoms with Crippen molar-refractivity contribution in [2.75, 3.05) is 10.6 Å². The van der Waals surface area contributed by atoms with Crippen molar-refractivity contribution in [2.24, 2.45) is 0 Å². The first kappa shape index (κ1) is 15.7. The third kappa shape index (κ3) is 4.72. The van der Waals surface area contributed by atoms with E-state index >= 15 is 0 Å². The second-order valence-electron chi connectivity index (χ2n) is 4.28. The van der Waals surface area contributed by atoms with Gasteiger partial charge in [-0.05, 0) is 12.1 Å². The number of anilines is 2. The Morgan fingerprint density at radius 1 is 1.09 bits per heavy atom. The molecule has 0 unspecified atom stereocenters. The summed E-state index contributed by atoms with van der Waals surface area (Å²) in [5, 5.41) is 7.75. The van der Waals surface area contributed by atoms with Crippen LogP contribution in [0, 0.1) is 11.6 Å². The van der Waals surface area contributed by atoms with E-state index in [4.69, 9.17) is 0 Å². The lowest BCUT2D eigenvalue weighted by Gasteiger charge is -2.07. The van der Waals surface area contributed by atoms with E-state index in [9.17, 15) is 26.7 Å². The Balaban J connectivity index is 1.97. The fourth-order valence-electron chi connectivity index (χ4n) is 1.62. The number of nitrogens with one attached hydrogen (secondary N) is 2. The number of benzene rings is 1. The van der Waals surface area contributed by atoms with Gasteiger partial charge in [0, 0.05) is 18.0 Å². The van der Waals surface area contributed by atoms with Gasteiger partial charge in [0.25, 0.3) is 0 Å². The summed E-state index contributed by atoms with van der Waals surface area (Å²) < 4.78 is 62.9. The van der Waals surface area contributed by atoms with Crippen molar-refractivity contribution in [1.82, 2.24) is 9.78 Å². The summed E-state index contributed by atoms with van der Waals surface area (Å²) in [6, 6.07) is 1.52. The first-order valence-electron chi connectivity index (χ1n) is 5.84. The molecule has 0 atom stereocenters. The van der Waals surface area contributed by atoms with Gasteiger partial charge in [-0.3, -0.25) is 4.68 Å². The van der Waals surface area contributed by atoms with E-state index in [1.54, 1.807) is 0 Å². The molecule has 0 saturated carbocycles. The summed E-state index contributed by atoms with van der Waals surface area (Å²) in [7, 11) is 0. The number of amides is 2. The molecule has 1 heterocycles. The van der Waals surface area contributed by atoms with Crippen LogP contribution in [0.1, 0.15) is 0 Å². The molecule has 0 bridgehead atoms. The Morgan fingerprint density at radius 3 is 2.27 bits per heavy atom. The fourth-order valence-corrected chi connectivity index (χ4v) is 1.62. The minimum atomic E-state index is -4.44. The van der Waals surface area contributed by atoms with Crippen molar-refractivity contribution in [1.29, 1.82) is 0 Å². The van der Waals surface area contributed by atoms with Gasteiger partial charge in [0.15, 0.2) is 0 Å². The molecule has 1 aromatic heterocycles. The number of rotatable bonds is 3. The average Bonchev–Trinajstić information content (AvgIpc) is 2.71. The van der Waals surface area contributed by atoms with E-state index in [-0.39, 0.29) is 11.4 Å². The lowest BCUT2D eigenvalue weighted by atomic mass is 10.3. The highest BCUT2D eigenvalue weighted by Crippen LogP contribution is 2.18. The van der Waals surface area contributed by atoms with E-state index in [1.807, 2.05) is 0 Å². The monoisotopic (exact) mass is 320 g/mol. The smallest absolute Gasteiger partial charge is 0.308 e. The highest BCUT2D eigenvalue weighted by atomic mass is 19.4. The fraction of sp³-hybridized carbons (Fsp3) is 0.167. The highest BCUT2D eigenvalue weighted by molar-refractivity contribution is 5.99. The largest absolute Gasteiger partial charge is 0.408 e. The zero-order valence-electron chi connectivity index (χ0n) is 10.8. The third-order valence-corrected chi connectivity index (χ3v) is 2.35. The van der Waals surface area contributed by atoms with Crippen LogP contribution in [0.25, 0.3) is 0 Å². The van der Waals surface area contributed by atoms with E-state index in [1.165, 1.54) is 0 Å². The molecule has 0 saturated heterocycles. The standard InChI is InChI=1S/C12H9F5N4O/c13-7-1-8(14)3-9(2-7)19-11(22)20-10-4-18-21(5-10)6-12(15,16)17/h1-5H,6H2,(H2,19,20,22). The van der Waals surface area contributed by atoms with Gasteiger partial charge in [-0.15, -0.1) is 0 Å². The highest BCUT2D eigenvalue weighted by Gasteiger charge is 2.28. The first-order chi connectivity index (χ1) is 10.2. The van der Waals surface area contributed by atoms with Crippen molar-refractivity contribution < 1.29 is 26.7 Å². The van der Waals surface area contributed by atoms with Crippen LogP contribution in [0.4, 0.5) is 38.1 Å². The number of alkyl halides is 3. The topological polar surface area (TPSA) is 59.0 Å². The maximum Gasteiger partial charge on any atom is 0.408 e. The zero-order chi connectivity index (χ0) is 16.3. The maximum absolute atomic E-state index is 12.9. The van der Waals surface area contributed by atoms with Crippen LogP contribution in [0.2, 0.25) is 0 Å². The van der Waals surface area contributed by atoms with Gasteiger partial charge in [-0.25, -0.2) is 13.6 Å². The molecular weight excluding hydrogens is 311 g/mol. The number of aromatic nitrogens is 2. The average molecular weight is 320 g/mol. The number of nitrogens with zero attached hydrogens (tertiary/aromatic N) is 2. The van der Waals surface area contributed by atoms with Gasteiger partial charge < -0.3 is 10.6 Å². The van der Waals surface area contributed by atoms with Crippen LogP contribution in [-0.4, -0.2) is 22.0 Å². The van der Waals surface area contributed by atoms with Gasteiger partial charge in [-0.2, -0.15) is 18.3 Å². The molecule has 2 amide bonds. The predicted molar refractivity (Wildman–Crippen MR) is 67.3 cm³/mol. The number of carbonyl (C=O) groups excluding carboxylic acids is 1. The lowest BCUT2D eigenvalue weighted by molar-refractivity contribution is -0.142. The maximum atomic E-state index is 12.9. The van der Waals surface area contributed by atoms with Gasteiger partial charge in [0.05, 0.1) is 11.9 Å². The number of carbonyl (C=O) groups is 1. The van der Waals surface area contributed by atoms with Crippen molar-refractivity contribution in [3.63, 3.8) is 0 Å². The minimum absolute atomic E-state index is 0.00127. The molecule has 118 valence electrons. The summed E-state index contributed by atoms with van der Waals surface area (Å²) in [6.45, 7) is -1.30. The molecule has 0 aliphatic rings. The zero-order valence-corrected chi connectivity index (χ0v) is 10.8. The Hall–Kier alpha value is -2.65. The minimum Gasteiger partial charge on any atom is -0.308 e. The molecule has 22 heavy (non-hydrogen) atoms. The Kier molecular flexibility index (Phi) is 4.29. The Labute approximate surface area is 120 Å². The van der Waals surface area contributed by atoms with Crippen molar-refractivity contribution in [3.8, 4) is 0 Å². The number of hydrogen-bond donors (Lipinski definition) is 2. The van der Waals surface area contributed by atoms with E-state index in [0.717, 1.165) is 24.5 Å². The molecular formula is C12H9F5N4O. The molecule has 0 radical (unpaired) electrons. The van der Waals surface area contributed by atoms with Crippen molar-refractivity contribution in [3.05, 3.63) is 42.2 Å². The summed E-state index contributed by atoms with van der Waals surface area (Å²) in [4.78, 5) is 11.6. The molecule has 5 nitrogen and oxygen atoms in total. The summed E-state index contributed by atoms with van der Waals surface area (Å²) in [5.74, 6) is -1.76. The van der Waals surface area contributed by atoms with E-state index < -0.39 is 30.4 Å². The SMILES string of the molecule is O=C(Nc1cc(F)cc(F)c1)Nc1cnn(CC(F)(F)F)c1. The molecule has 2 N–H and O–H groups in total. The molecule has 10 heteroatoms. The molecule has 0 fully saturated rings. The van der Waals surface area contributed by atoms with Gasteiger partial charge in [-0.1, -0.05) is 0 Å². The van der Waals surface area contributed by atoms with E-state index in [0.29, 0.717) is 10.7 Å². The van der Waals surface area contributed by atoms with Gasteiger partial charge in [0.1, 0.15) is 18.2 Å². The molecule has 0 aliphatic carbocycles. The number of hydrogen-bond acceptors (Lipinski definition) is 2. The molecule has 2 aromatic rings. The van der Waals surface area contributed by atoms with Crippen LogP contribution >= 0.6 is 0 Å². The normalized spacial score (nSPS) is 11.3. The van der Waals surface area contributed by atoms with E-state index in [2.05, 4.69) is 15.7 Å². The summed E-state index contributed by atoms with van der Waals surface area (Å²) in [6.07, 6.45) is -2.46. The van der Waals surface area contributed by atoms with Crippen LogP contribution in [0.3, 0.4) is 0 Å². The van der Waals surface area contributed by atoms with Crippen LogP contribution in [-0.2, 0) is 6.54 Å². The molecule has 2 rings (SSSR count). The molecule has 0 aliphatic heterocycles.